The van der Waals surface area contributed by atoms with E-state index < -0.39 is 0 Å². The van der Waals surface area contributed by atoms with Crippen LogP contribution in [0, 0.1) is 0 Å². The Labute approximate surface area is 111 Å². The number of hydrogen-bond donors (Lipinski definition) is 0. The van der Waals surface area contributed by atoms with Gasteiger partial charge in [-0.1, -0.05) is 30.3 Å². The molecule has 0 fully saturated rings. The Morgan fingerprint density at radius 1 is 1.18 bits per heavy atom. The molecule has 2 N–H and O–H groups in total. The largest absolute Gasteiger partial charge is 1.00 e. The van der Waals surface area contributed by atoms with E-state index in [2.05, 4.69) is 51.4 Å². The number of rotatable bonds is 5. The van der Waals surface area contributed by atoms with Crippen molar-refractivity contribution in [1.82, 2.24) is 0 Å². The summed E-state index contributed by atoms with van der Waals surface area (Å²) in [6.45, 7) is 5.95. The van der Waals surface area contributed by atoms with Crippen LogP contribution in [-0.4, -0.2) is 36.9 Å². The van der Waals surface area contributed by atoms with E-state index in [0.717, 1.165) is 17.6 Å². The molecule has 1 atom stereocenters. The molecule has 1 rings (SSSR count). The van der Waals surface area contributed by atoms with Gasteiger partial charge in [-0.2, -0.15) is 0 Å². The first-order chi connectivity index (χ1) is 7.06. The molecule has 0 saturated heterocycles. The van der Waals surface area contributed by atoms with Crippen LogP contribution in [0.2, 0.25) is 0 Å². The van der Waals surface area contributed by atoms with E-state index >= 15 is 0 Å². The van der Waals surface area contributed by atoms with Gasteiger partial charge in [-0.05, 0) is 6.92 Å². The molecule has 0 amide bonds. The zero-order chi connectivity index (χ0) is 11.3. The van der Waals surface area contributed by atoms with Crippen molar-refractivity contribution in [3.8, 4) is 0 Å². The summed E-state index contributed by atoms with van der Waals surface area (Å²) in [5.74, 6) is 0. The monoisotopic (exact) mass is 261 g/mol. The fourth-order valence-electron chi connectivity index (χ4n) is 1.63. The third-order valence-corrected chi connectivity index (χ3v) is 2.83. The lowest BCUT2D eigenvalue weighted by Crippen LogP contribution is -3.00. The summed E-state index contributed by atoms with van der Waals surface area (Å²) in [5, 5.41) is 0. The Kier molecular flexibility index (Phi) is 9.35. The summed E-state index contributed by atoms with van der Waals surface area (Å²) >= 11 is 0. The highest BCUT2D eigenvalue weighted by molar-refractivity contribution is 5.13. The molecule has 1 aromatic carbocycles. The predicted molar refractivity (Wildman–Crippen MR) is 67.0 cm³/mol. The van der Waals surface area contributed by atoms with E-state index in [1.807, 2.05) is 6.92 Å². The van der Waals surface area contributed by atoms with Gasteiger partial charge in [0, 0.05) is 12.5 Å². The van der Waals surface area contributed by atoms with E-state index in [1.165, 1.54) is 5.56 Å². The molecule has 0 aliphatic heterocycles. The molecule has 4 heteroatoms. The Hall–Kier alpha value is -0.610. The van der Waals surface area contributed by atoms with Gasteiger partial charge in [-0.3, -0.25) is 4.48 Å². The van der Waals surface area contributed by atoms with Crippen LogP contribution >= 0.6 is 0 Å². The van der Waals surface area contributed by atoms with Crippen LogP contribution in [0.25, 0.3) is 0 Å². The van der Waals surface area contributed by atoms with Crippen LogP contribution in [0.15, 0.2) is 30.3 Å². The van der Waals surface area contributed by atoms with Crippen molar-refractivity contribution in [3.63, 3.8) is 0 Å². The second-order valence-corrected chi connectivity index (χ2v) is 4.48. The molecule has 3 nitrogen and oxygen atoms in total. The Morgan fingerprint density at radius 2 is 1.71 bits per heavy atom. The third kappa shape index (κ3) is 6.03. The van der Waals surface area contributed by atoms with Gasteiger partial charge in [0.25, 0.3) is 0 Å². The quantitative estimate of drug-likeness (QED) is 0.486. The molecule has 1 unspecified atom stereocenters. The minimum absolute atomic E-state index is 0. The maximum Gasteiger partial charge on any atom is 0.190 e. The lowest BCUT2D eigenvalue weighted by molar-refractivity contribution is -0.947. The molecule has 0 heterocycles. The summed E-state index contributed by atoms with van der Waals surface area (Å²) in [7, 11) is 4.40. The summed E-state index contributed by atoms with van der Waals surface area (Å²) in [5.41, 5.74) is 1.36. The summed E-state index contributed by atoms with van der Waals surface area (Å²) in [6, 6.07) is 10.5. The predicted octanol–water partition coefficient (Wildman–Crippen LogP) is -1.18. The fourth-order valence-corrected chi connectivity index (χ4v) is 1.63. The van der Waals surface area contributed by atoms with Crippen LogP contribution in [0.5, 0.6) is 0 Å². The van der Waals surface area contributed by atoms with Crippen LogP contribution in [0.4, 0.5) is 0 Å². The first kappa shape index (κ1) is 18.7. The van der Waals surface area contributed by atoms with Gasteiger partial charge in [0.1, 0.15) is 6.54 Å². The molecule has 0 bridgehead atoms. The zero-order valence-corrected chi connectivity index (χ0v) is 11.9. The molecular weight excluding hydrogens is 238 g/mol. The molecule has 17 heavy (non-hydrogen) atoms. The lowest BCUT2D eigenvalue weighted by Gasteiger charge is -2.35. The fraction of sp³-hybridized carbons (Fsp3) is 0.538. The highest BCUT2D eigenvalue weighted by Crippen LogP contribution is 2.14. The molecule has 1 aromatic rings. The van der Waals surface area contributed by atoms with Crippen molar-refractivity contribution in [1.29, 1.82) is 0 Å². The standard InChI is InChI=1S/C13H22NO.ClH.H2O/c1-5-15-12(2)14(3,4)11-13-9-7-6-8-10-13;;/h6-10,12H,5,11H2,1-4H3;1H;1H2/q+1;;/p-1. The van der Waals surface area contributed by atoms with Crippen LogP contribution in [0.1, 0.15) is 19.4 Å². The van der Waals surface area contributed by atoms with Crippen molar-refractivity contribution < 1.29 is 27.1 Å². The molecule has 0 aliphatic carbocycles. The van der Waals surface area contributed by atoms with Crippen molar-refractivity contribution in [3.05, 3.63) is 35.9 Å². The first-order valence-electron chi connectivity index (χ1n) is 5.54. The van der Waals surface area contributed by atoms with Gasteiger partial charge in [0.05, 0.1) is 20.7 Å². The smallest absolute Gasteiger partial charge is 0.190 e. The number of quaternary nitrogens is 1. The minimum Gasteiger partial charge on any atom is -1.00 e. The van der Waals surface area contributed by atoms with Gasteiger partial charge in [0.15, 0.2) is 6.23 Å². The third-order valence-electron chi connectivity index (χ3n) is 2.83. The molecule has 0 spiro atoms. The second kappa shape index (κ2) is 8.48. The number of ether oxygens (including phenoxy) is 1. The van der Waals surface area contributed by atoms with E-state index in [0.29, 0.717) is 0 Å². The molecule has 0 aliphatic rings. The molecule has 100 valence electrons. The summed E-state index contributed by atoms with van der Waals surface area (Å²) in [6.07, 6.45) is 0.232. The Morgan fingerprint density at radius 3 is 2.18 bits per heavy atom. The number of nitrogens with zero attached hydrogens (tertiary/aromatic N) is 1. The number of halogens is 1. The van der Waals surface area contributed by atoms with E-state index in [1.54, 1.807) is 0 Å². The summed E-state index contributed by atoms with van der Waals surface area (Å²) < 4.78 is 6.51. The van der Waals surface area contributed by atoms with Crippen molar-refractivity contribution in [2.75, 3.05) is 20.7 Å². The number of hydrogen-bond acceptors (Lipinski definition) is 1. The highest BCUT2D eigenvalue weighted by atomic mass is 35.5. The maximum absolute atomic E-state index is 5.65. The van der Waals surface area contributed by atoms with Crippen molar-refractivity contribution >= 4 is 0 Å². The van der Waals surface area contributed by atoms with Crippen LogP contribution < -0.4 is 12.4 Å². The van der Waals surface area contributed by atoms with Gasteiger partial charge in [-0.15, -0.1) is 0 Å². The second-order valence-electron chi connectivity index (χ2n) is 4.48. The first-order valence-corrected chi connectivity index (χ1v) is 5.54. The highest BCUT2D eigenvalue weighted by Gasteiger charge is 2.24. The average Bonchev–Trinajstić information content (AvgIpc) is 2.19. The summed E-state index contributed by atoms with van der Waals surface area (Å²) in [4.78, 5) is 0. The van der Waals surface area contributed by atoms with E-state index in [-0.39, 0.29) is 24.1 Å². The average molecular weight is 262 g/mol. The Bertz CT molecular complexity index is 291. The van der Waals surface area contributed by atoms with Crippen molar-refractivity contribution in [2.24, 2.45) is 0 Å². The molecular formula is C13H24ClNO2. The SMILES string of the molecule is CCOC(C)[N+](C)(C)Cc1ccccc1.O.[Cl-]. The topological polar surface area (TPSA) is 40.7 Å². The Balaban J connectivity index is 0. The van der Waals surface area contributed by atoms with Gasteiger partial charge >= 0.3 is 0 Å². The van der Waals surface area contributed by atoms with Crippen LogP contribution in [-0.2, 0) is 11.3 Å². The minimum atomic E-state index is 0. The number of benzene rings is 1. The van der Waals surface area contributed by atoms with Crippen molar-refractivity contribution in [2.45, 2.75) is 26.6 Å². The van der Waals surface area contributed by atoms with E-state index in [9.17, 15) is 0 Å². The normalized spacial score (nSPS) is 12.2. The zero-order valence-electron chi connectivity index (χ0n) is 11.1. The lowest BCUT2D eigenvalue weighted by atomic mass is 10.2. The van der Waals surface area contributed by atoms with E-state index in [4.69, 9.17) is 4.74 Å². The molecule has 0 radical (unpaired) electrons. The molecule has 0 saturated carbocycles. The van der Waals surface area contributed by atoms with Gasteiger partial charge in [0.2, 0.25) is 0 Å². The van der Waals surface area contributed by atoms with Crippen LogP contribution in [0.3, 0.4) is 0 Å². The van der Waals surface area contributed by atoms with Gasteiger partial charge < -0.3 is 22.6 Å². The maximum atomic E-state index is 5.65. The molecule has 0 aromatic heterocycles. The van der Waals surface area contributed by atoms with Gasteiger partial charge in [-0.25, -0.2) is 0 Å².